The molecule has 0 fully saturated rings. The van der Waals surface area contributed by atoms with E-state index in [1.807, 2.05) is 57.2 Å². The van der Waals surface area contributed by atoms with Crippen molar-refractivity contribution in [1.29, 1.82) is 5.26 Å². The Labute approximate surface area is 322 Å². The Bertz CT molecular complexity index is 1680. The molecule has 0 aliphatic carbocycles. The summed E-state index contributed by atoms with van der Waals surface area (Å²) in [5.41, 5.74) is 5.56. The van der Waals surface area contributed by atoms with Crippen molar-refractivity contribution in [3.8, 4) is 11.8 Å². The van der Waals surface area contributed by atoms with Crippen LogP contribution in [0.5, 0.6) is 5.75 Å². The van der Waals surface area contributed by atoms with Gasteiger partial charge in [-0.25, -0.2) is 0 Å². The van der Waals surface area contributed by atoms with E-state index in [1.165, 1.54) is 23.3 Å². The normalized spacial score (nSPS) is 10.6. The van der Waals surface area contributed by atoms with Crippen molar-refractivity contribution in [1.82, 2.24) is 0 Å². The zero-order valence-electron chi connectivity index (χ0n) is 29.7. The second kappa shape index (κ2) is 22.3. The molecule has 4 aromatic rings. The predicted molar refractivity (Wildman–Crippen MR) is 213 cm³/mol. The minimum absolute atomic E-state index is 0. The minimum Gasteiger partial charge on any atom is -0.495 e. The largest absolute Gasteiger partial charge is 0.495 e. The molecule has 0 amide bonds. The maximum Gasteiger partial charge on any atom is 0.417 e. The third-order valence-electron chi connectivity index (χ3n) is 7.43. The highest BCUT2D eigenvalue weighted by atomic mass is 79.9. The Balaban J connectivity index is 0.000000638. The van der Waals surface area contributed by atoms with Crippen molar-refractivity contribution in [3.05, 3.63) is 131 Å². The van der Waals surface area contributed by atoms with Crippen LogP contribution in [0, 0.1) is 18.3 Å². The quantitative estimate of drug-likeness (QED) is 0.201. The van der Waals surface area contributed by atoms with Gasteiger partial charge in [0.2, 0.25) is 0 Å². The molecule has 0 saturated heterocycles. The Morgan fingerprint density at radius 2 is 1.04 bits per heavy atom. The van der Waals surface area contributed by atoms with Crippen LogP contribution in [0.15, 0.2) is 77.3 Å². The summed E-state index contributed by atoms with van der Waals surface area (Å²) in [5.74, 6) is 2.39. The van der Waals surface area contributed by atoms with Gasteiger partial charge in [0.15, 0.2) is 0 Å². The smallest absolute Gasteiger partial charge is 0.417 e. The van der Waals surface area contributed by atoms with Crippen LogP contribution in [0.4, 0.5) is 13.2 Å². The van der Waals surface area contributed by atoms with Crippen LogP contribution in [-0.4, -0.2) is 7.11 Å². The second-order valence-corrected chi connectivity index (χ2v) is 14.7. The van der Waals surface area contributed by atoms with Crippen LogP contribution >= 0.6 is 50.7 Å². The molecule has 0 aliphatic rings. The predicted octanol–water partition coefficient (Wildman–Crippen LogP) is 15.8. The molecule has 0 aromatic heterocycles. The fourth-order valence-electron chi connectivity index (χ4n) is 4.17. The van der Waals surface area contributed by atoms with Crippen molar-refractivity contribution in [2.24, 2.45) is 0 Å². The summed E-state index contributed by atoms with van der Waals surface area (Å²) in [6.45, 7) is 18.6. The van der Waals surface area contributed by atoms with E-state index in [-0.39, 0.29) is 17.8 Å². The summed E-state index contributed by atoms with van der Waals surface area (Å²) in [6.07, 6.45) is -4.29. The van der Waals surface area contributed by atoms with Crippen molar-refractivity contribution in [2.45, 2.75) is 99.6 Å². The number of nitrogens with zero attached hydrogens (tertiary/aromatic N) is 1. The van der Waals surface area contributed by atoms with Gasteiger partial charge in [-0.05, 0) is 101 Å². The maximum absolute atomic E-state index is 12.5. The van der Waals surface area contributed by atoms with Gasteiger partial charge in [0.1, 0.15) is 11.8 Å². The fourth-order valence-corrected chi connectivity index (χ4v) is 5.11. The van der Waals surface area contributed by atoms with E-state index >= 15 is 0 Å². The molecule has 0 bridgehead atoms. The van der Waals surface area contributed by atoms with Gasteiger partial charge >= 0.3 is 6.18 Å². The Morgan fingerprint density at radius 3 is 1.46 bits per heavy atom. The zero-order chi connectivity index (χ0) is 37.6. The molecule has 2 nitrogen and oxygen atoms in total. The zero-order valence-corrected chi connectivity index (χ0v) is 33.6. The van der Waals surface area contributed by atoms with Crippen LogP contribution in [0.1, 0.15) is 125 Å². The first-order valence-electron chi connectivity index (χ1n) is 15.9. The molecule has 9 heteroatoms. The summed E-state index contributed by atoms with van der Waals surface area (Å²) >= 11 is 20.4. The van der Waals surface area contributed by atoms with E-state index in [9.17, 15) is 13.2 Å². The molecule has 4 aromatic carbocycles. The fraction of sp³-hybridized carbons (Fsp3) is 0.390. The maximum atomic E-state index is 12.5. The van der Waals surface area contributed by atoms with Gasteiger partial charge in [0.05, 0.1) is 28.3 Å². The third-order valence-corrected chi connectivity index (χ3v) is 9.19. The van der Waals surface area contributed by atoms with Crippen molar-refractivity contribution in [3.63, 3.8) is 0 Å². The highest BCUT2D eigenvalue weighted by Gasteiger charge is 2.33. The molecular formula is C41H50BrCl3F3NO. The van der Waals surface area contributed by atoms with Crippen LogP contribution < -0.4 is 4.74 Å². The molecule has 4 rings (SSSR count). The first-order valence-corrected chi connectivity index (χ1v) is 17.8. The van der Waals surface area contributed by atoms with Crippen molar-refractivity contribution in [2.75, 3.05) is 7.11 Å². The number of ether oxygens (including phenoxy) is 1. The van der Waals surface area contributed by atoms with E-state index < -0.39 is 11.7 Å². The number of halogens is 7. The molecule has 0 atom stereocenters. The average Bonchev–Trinajstić information content (AvgIpc) is 3.03. The van der Waals surface area contributed by atoms with Crippen LogP contribution in [0.2, 0.25) is 15.1 Å². The minimum atomic E-state index is -4.29. The average molecular weight is 816 g/mol. The standard InChI is InChI=1S/C10H10BrF3.C10H10ClN.C10H13ClO.C10H13Cl.CH4/c1-6(2)7-3-4-9(11)8(5-7)10(12,13)14;1-7(2)8-3-4-10(11)9(5-8)6-12;1-7(2)8-4-5-9(11)10(6-8)12-3;1-7(2)9-4-5-10(11)8(3)6-9;/h3-6H,1-2H3;3-5,7H,1-2H3;4-7H,1-3H3;4-7H,1-3H3;1H4. The lowest BCUT2D eigenvalue weighted by molar-refractivity contribution is -0.138. The number of alkyl halides is 3. The van der Waals surface area contributed by atoms with Gasteiger partial charge in [-0.15, -0.1) is 0 Å². The molecule has 0 heterocycles. The molecule has 0 unspecified atom stereocenters. The van der Waals surface area contributed by atoms with Crippen LogP contribution in [0.3, 0.4) is 0 Å². The number of hydrogen-bond donors (Lipinski definition) is 0. The SMILES string of the molecule is C.CC(C)c1ccc(Br)c(C(F)(F)F)c1.CC(C)c1ccc(Cl)c(C#N)c1.COc1cc(C(C)C)ccc1Cl.Cc1cc(C(C)C)ccc1Cl. The molecule has 274 valence electrons. The van der Waals surface area contributed by atoms with E-state index in [0.29, 0.717) is 38.9 Å². The number of methoxy groups -OCH3 is 1. The molecule has 0 spiro atoms. The molecule has 0 saturated carbocycles. The summed E-state index contributed by atoms with van der Waals surface area (Å²) in [5, 5.41) is 10.7. The summed E-state index contributed by atoms with van der Waals surface area (Å²) < 4.78 is 42.6. The highest BCUT2D eigenvalue weighted by Crippen LogP contribution is 2.36. The van der Waals surface area contributed by atoms with Crippen molar-refractivity contribution < 1.29 is 17.9 Å². The van der Waals surface area contributed by atoms with E-state index in [2.05, 4.69) is 75.7 Å². The lowest BCUT2D eigenvalue weighted by atomic mass is 10.0. The van der Waals surface area contributed by atoms with Gasteiger partial charge in [0.25, 0.3) is 0 Å². The summed E-state index contributed by atoms with van der Waals surface area (Å²) in [6, 6.07) is 24.0. The van der Waals surface area contributed by atoms with Gasteiger partial charge in [-0.1, -0.05) is 144 Å². The third kappa shape index (κ3) is 15.7. The van der Waals surface area contributed by atoms with Crippen molar-refractivity contribution >= 4 is 50.7 Å². The van der Waals surface area contributed by atoms with Crippen LogP contribution in [0.25, 0.3) is 0 Å². The number of benzene rings is 4. The number of nitriles is 1. The van der Waals surface area contributed by atoms with E-state index in [4.69, 9.17) is 44.8 Å². The summed E-state index contributed by atoms with van der Waals surface area (Å²) in [7, 11) is 1.63. The first-order chi connectivity index (χ1) is 22.7. The molecule has 50 heavy (non-hydrogen) atoms. The van der Waals surface area contributed by atoms with Gasteiger partial charge in [0, 0.05) is 9.50 Å². The highest BCUT2D eigenvalue weighted by molar-refractivity contribution is 9.10. The summed E-state index contributed by atoms with van der Waals surface area (Å²) in [4.78, 5) is 0. The van der Waals surface area contributed by atoms with Crippen LogP contribution in [-0.2, 0) is 6.18 Å². The molecular weight excluding hydrogens is 766 g/mol. The first kappa shape index (κ1) is 47.3. The van der Waals surface area contributed by atoms with Gasteiger partial charge in [-0.2, -0.15) is 18.4 Å². The molecule has 0 N–H and O–H groups in total. The van der Waals surface area contributed by atoms with E-state index in [0.717, 1.165) is 21.9 Å². The molecule has 0 aliphatic heterocycles. The monoisotopic (exact) mass is 813 g/mol. The Morgan fingerprint density at radius 1 is 0.640 bits per heavy atom. The molecule has 0 radical (unpaired) electrons. The Kier molecular flexibility index (Phi) is 21.1. The second-order valence-electron chi connectivity index (χ2n) is 12.6. The Hall–Kier alpha value is -2.69. The van der Waals surface area contributed by atoms with E-state index in [1.54, 1.807) is 19.2 Å². The number of aryl methyl sites for hydroxylation is 1. The van der Waals surface area contributed by atoms with Gasteiger partial charge in [-0.3, -0.25) is 0 Å². The number of hydrogen-bond acceptors (Lipinski definition) is 2. The number of rotatable bonds is 5. The lowest BCUT2D eigenvalue weighted by Gasteiger charge is -2.12. The lowest BCUT2D eigenvalue weighted by Crippen LogP contribution is -2.07. The van der Waals surface area contributed by atoms with Gasteiger partial charge < -0.3 is 4.74 Å². The topological polar surface area (TPSA) is 33.0 Å².